The summed E-state index contributed by atoms with van der Waals surface area (Å²) in [6, 6.07) is 18.4. The van der Waals surface area contributed by atoms with Gasteiger partial charge in [0.25, 0.3) is 0 Å². The van der Waals surface area contributed by atoms with Gasteiger partial charge in [0, 0.05) is 10.0 Å². The van der Waals surface area contributed by atoms with E-state index in [0.717, 1.165) is 21.3 Å². The number of rotatable bonds is 2. The molecule has 2 aromatic rings. The zero-order valence-electron chi connectivity index (χ0n) is 10.5. The van der Waals surface area contributed by atoms with E-state index in [2.05, 4.69) is 51.3 Å². The predicted molar refractivity (Wildman–Crippen MR) is 80.8 cm³/mol. The lowest BCUT2D eigenvalue weighted by Gasteiger charge is -2.16. The Kier molecular flexibility index (Phi) is 3.07. The highest BCUT2D eigenvalue weighted by Gasteiger charge is 2.28. The summed E-state index contributed by atoms with van der Waals surface area (Å²) < 4.78 is 1.07. The molecule has 1 aliphatic rings. The van der Waals surface area contributed by atoms with Crippen molar-refractivity contribution < 1.29 is 0 Å². The fourth-order valence-corrected chi connectivity index (χ4v) is 2.42. The van der Waals surface area contributed by atoms with Crippen molar-refractivity contribution in [3.63, 3.8) is 0 Å². The summed E-state index contributed by atoms with van der Waals surface area (Å²) in [6.45, 7) is 2.08. The van der Waals surface area contributed by atoms with Gasteiger partial charge in [-0.05, 0) is 30.7 Å². The third-order valence-electron chi connectivity index (χ3n) is 3.28. The van der Waals surface area contributed by atoms with E-state index in [9.17, 15) is 0 Å². The molecule has 0 bridgehead atoms. The monoisotopic (exact) mass is 312 g/mol. The van der Waals surface area contributed by atoms with Gasteiger partial charge in [0.1, 0.15) is 5.54 Å². The molecule has 0 spiro atoms. The molecule has 0 aromatic heterocycles. The fraction of sp³-hybridized carbons (Fsp3) is 0.125. The van der Waals surface area contributed by atoms with Gasteiger partial charge in [-0.15, -0.1) is 0 Å². The molecule has 0 saturated heterocycles. The van der Waals surface area contributed by atoms with E-state index >= 15 is 0 Å². The minimum absolute atomic E-state index is 0.357. The molecule has 3 rings (SSSR count). The predicted octanol–water partition coefficient (Wildman–Crippen LogP) is 5.17. The van der Waals surface area contributed by atoms with Gasteiger partial charge in [0.15, 0.2) is 0 Å². The van der Waals surface area contributed by atoms with Crippen LogP contribution in [0.15, 0.2) is 75.4 Å². The standard InChI is InChI=1S/C16H13BrN2/c1-16(13-5-3-2-4-6-13)11-15(18-19-16)12-7-9-14(17)10-8-12/h2-11H,1H3. The summed E-state index contributed by atoms with van der Waals surface area (Å²) in [6.07, 6.45) is 2.12. The van der Waals surface area contributed by atoms with Crippen LogP contribution in [0.5, 0.6) is 0 Å². The van der Waals surface area contributed by atoms with Crippen molar-refractivity contribution in [2.75, 3.05) is 0 Å². The summed E-state index contributed by atoms with van der Waals surface area (Å²) >= 11 is 3.44. The van der Waals surface area contributed by atoms with Gasteiger partial charge in [0.2, 0.25) is 0 Å². The van der Waals surface area contributed by atoms with Crippen molar-refractivity contribution in [1.82, 2.24) is 0 Å². The van der Waals surface area contributed by atoms with Crippen molar-refractivity contribution in [3.05, 3.63) is 76.3 Å². The van der Waals surface area contributed by atoms with Crippen LogP contribution in [-0.2, 0) is 5.54 Å². The minimum atomic E-state index is -0.357. The van der Waals surface area contributed by atoms with Gasteiger partial charge in [-0.25, -0.2) is 0 Å². The third-order valence-corrected chi connectivity index (χ3v) is 3.81. The molecule has 3 heteroatoms. The van der Waals surface area contributed by atoms with Gasteiger partial charge in [0.05, 0.1) is 5.70 Å². The van der Waals surface area contributed by atoms with Crippen LogP contribution in [0.1, 0.15) is 18.1 Å². The van der Waals surface area contributed by atoms with Crippen molar-refractivity contribution >= 4 is 21.6 Å². The molecule has 0 aliphatic carbocycles. The first-order valence-corrected chi connectivity index (χ1v) is 6.94. The molecule has 1 aliphatic heterocycles. The largest absolute Gasteiger partial charge is 0.173 e. The van der Waals surface area contributed by atoms with Gasteiger partial charge in [-0.2, -0.15) is 10.2 Å². The molecule has 0 saturated carbocycles. The van der Waals surface area contributed by atoms with Crippen LogP contribution in [0.4, 0.5) is 0 Å². The summed E-state index contributed by atoms with van der Waals surface area (Å²) in [7, 11) is 0. The van der Waals surface area contributed by atoms with Crippen LogP contribution < -0.4 is 0 Å². The molecule has 1 heterocycles. The molecular weight excluding hydrogens is 300 g/mol. The summed E-state index contributed by atoms with van der Waals surface area (Å²) in [5.41, 5.74) is 2.82. The Morgan fingerprint density at radius 1 is 0.947 bits per heavy atom. The Hall–Kier alpha value is -1.74. The van der Waals surface area contributed by atoms with E-state index in [0.29, 0.717) is 0 Å². The number of hydrogen-bond donors (Lipinski definition) is 0. The zero-order chi connectivity index (χ0) is 13.3. The van der Waals surface area contributed by atoms with Gasteiger partial charge in [-0.1, -0.05) is 58.4 Å². The molecule has 0 fully saturated rings. The van der Waals surface area contributed by atoms with E-state index in [-0.39, 0.29) is 5.54 Å². The SMILES string of the molecule is CC1(c2ccccc2)C=C(c2ccc(Br)cc2)N=N1. The maximum Gasteiger partial charge on any atom is 0.125 e. The molecule has 2 nitrogen and oxygen atoms in total. The maximum absolute atomic E-state index is 4.44. The highest BCUT2D eigenvalue weighted by molar-refractivity contribution is 9.10. The van der Waals surface area contributed by atoms with Crippen molar-refractivity contribution in [2.24, 2.45) is 10.2 Å². The van der Waals surface area contributed by atoms with Crippen molar-refractivity contribution in [1.29, 1.82) is 0 Å². The lowest BCUT2D eigenvalue weighted by molar-refractivity contribution is 0.621. The Labute approximate surface area is 121 Å². The smallest absolute Gasteiger partial charge is 0.125 e. The lowest BCUT2D eigenvalue weighted by Crippen LogP contribution is -2.12. The van der Waals surface area contributed by atoms with E-state index in [4.69, 9.17) is 0 Å². The Bertz CT molecular complexity index is 644. The molecule has 1 atom stereocenters. The number of nitrogens with zero attached hydrogens (tertiary/aromatic N) is 2. The molecule has 1 unspecified atom stereocenters. The second-order valence-corrected chi connectivity index (χ2v) is 5.67. The van der Waals surface area contributed by atoms with Crippen LogP contribution in [0.25, 0.3) is 5.70 Å². The maximum atomic E-state index is 4.44. The molecular formula is C16H13BrN2. The second-order valence-electron chi connectivity index (χ2n) is 4.75. The van der Waals surface area contributed by atoms with Crippen LogP contribution >= 0.6 is 15.9 Å². The average molecular weight is 313 g/mol. The highest BCUT2D eigenvalue weighted by atomic mass is 79.9. The number of benzene rings is 2. The summed E-state index contributed by atoms with van der Waals surface area (Å²) in [4.78, 5) is 0. The van der Waals surface area contributed by atoms with Crippen LogP contribution in [0.3, 0.4) is 0 Å². The van der Waals surface area contributed by atoms with E-state index in [1.165, 1.54) is 0 Å². The first-order chi connectivity index (χ1) is 9.17. The molecule has 0 radical (unpaired) electrons. The van der Waals surface area contributed by atoms with Gasteiger partial charge in [-0.3, -0.25) is 0 Å². The molecule has 19 heavy (non-hydrogen) atoms. The van der Waals surface area contributed by atoms with Crippen LogP contribution in [-0.4, -0.2) is 0 Å². The number of halogens is 1. The van der Waals surface area contributed by atoms with Crippen molar-refractivity contribution in [2.45, 2.75) is 12.5 Å². The normalized spacial score (nSPS) is 21.5. The second kappa shape index (κ2) is 4.74. The Balaban J connectivity index is 1.98. The highest BCUT2D eigenvalue weighted by Crippen LogP contribution is 2.37. The van der Waals surface area contributed by atoms with Crippen molar-refractivity contribution in [3.8, 4) is 0 Å². The molecule has 0 N–H and O–H groups in total. The number of azo groups is 1. The Morgan fingerprint density at radius 2 is 1.63 bits per heavy atom. The molecule has 0 amide bonds. The lowest BCUT2D eigenvalue weighted by atomic mass is 9.92. The molecule has 2 aromatic carbocycles. The quantitative estimate of drug-likeness (QED) is 0.730. The summed E-state index contributed by atoms with van der Waals surface area (Å²) in [5, 5.41) is 8.77. The Morgan fingerprint density at radius 3 is 2.32 bits per heavy atom. The van der Waals surface area contributed by atoms with Gasteiger partial charge >= 0.3 is 0 Å². The van der Waals surface area contributed by atoms with Gasteiger partial charge < -0.3 is 0 Å². The first-order valence-electron chi connectivity index (χ1n) is 6.15. The average Bonchev–Trinajstić information content (AvgIpc) is 2.85. The molecule has 94 valence electrons. The first kappa shape index (κ1) is 12.3. The number of hydrogen-bond acceptors (Lipinski definition) is 2. The minimum Gasteiger partial charge on any atom is -0.173 e. The van der Waals surface area contributed by atoms with E-state index < -0.39 is 0 Å². The van der Waals surface area contributed by atoms with Crippen LogP contribution in [0.2, 0.25) is 0 Å². The third kappa shape index (κ3) is 2.38. The summed E-state index contributed by atoms with van der Waals surface area (Å²) in [5.74, 6) is 0. The topological polar surface area (TPSA) is 24.7 Å². The van der Waals surface area contributed by atoms with E-state index in [1.54, 1.807) is 0 Å². The zero-order valence-corrected chi connectivity index (χ0v) is 12.1. The van der Waals surface area contributed by atoms with Crippen LogP contribution in [0, 0.1) is 0 Å². The fourth-order valence-electron chi connectivity index (χ4n) is 2.16. The van der Waals surface area contributed by atoms with E-state index in [1.807, 2.05) is 42.5 Å².